The number of nitrogens with one attached hydrogen (secondary N) is 1. The zero-order valence-electron chi connectivity index (χ0n) is 34.8. The van der Waals surface area contributed by atoms with E-state index in [9.17, 15) is 20.1 Å². The molecule has 3 atom stereocenters. The molecular formula is C46H93NO4. The molecule has 0 saturated carbocycles. The standard InChI is InChI=1S/C46H93NO4/c1-3-5-7-9-11-13-15-16-17-18-19-20-21-22-23-24-25-26-27-28-29-30-31-33-35-37-39-41-45(50)46(51)47-43(42-48)44(49)40-38-36-34-32-14-12-10-8-6-4-2/h43-45,48-50H,3-42H2,1-2H3,(H,47,51). The van der Waals surface area contributed by atoms with E-state index in [2.05, 4.69) is 19.2 Å². The summed E-state index contributed by atoms with van der Waals surface area (Å²) in [4.78, 5) is 12.5. The van der Waals surface area contributed by atoms with Crippen molar-refractivity contribution in [3.63, 3.8) is 0 Å². The summed E-state index contributed by atoms with van der Waals surface area (Å²) in [6.45, 7) is 4.23. The number of hydrogen-bond donors (Lipinski definition) is 4. The minimum Gasteiger partial charge on any atom is -0.394 e. The van der Waals surface area contributed by atoms with Gasteiger partial charge in [-0.1, -0.05) is 251 Å². The normalized spacial score (nSPS) is 13.4. The van der Waals surface area contributed by atoms with E-state index in [0.717, 1.165) is 32.1 Å². The largest absolute Gasteiger partial charge is 0.394 e. The highest BCUT2D eigenvalue weighted by atomic mass is 16.3. The fraction of sp³-hybridized carbons (Fsp3) is 0.978. The van der Waals surface area contributed by atoms with Crippen LogP contribution in [0.4, 0.5) is 0 Å². The van der Waals surface area contributed by atoms with E-state index in [1.54, 1.807) is 0 Å². The lowest BCUT2D eigenvalue weighted by molar-refractivity contribution is -0.131. The first-order valence-electron chi connectivity index (χ1n) is 23.3. The molecule has 0 spiro atoms. The Morgan fingerprint density at radius 1 is 0.392 bits per heavy atom. The Balaban J connectivity index is 3.46. The minimum atomic E-state index is -1.07. The summed E-state index contributed by atoms with van der Waals surface area (Å²) in [7, 11) is 0. The first kappa shape index (κ1) is 50.4. The molecule has 4 N–H and O–H groups in total. The maximum atomic E-state index is 12.5. The van der Waals surface area contributed by atoms with Crippen LogP contribution in [-0.4, -0.2) is 46.1 Å². The second-order valence-corrected chi connectivity index (χ2v) is 16.3. The SMILES string of the molecule is CCCCCCCCCCCCCCCCCCCCCCCCCCCCCC(O)C(=O)NC(CO)C(O)CCCCCCCCCCCC. The van der Waals surface area contributed by atoms with E-state index in [4.69, 9.17) is 0 Å². The summed E-state index contributed by atoms with van der Waals surface area (Å²) in [6.07, 6.45) is 48.4. The lowest BCUT2D eigenvalue weighted by Crippen LogP contribution is -2.49. The predicted octanol–water partition coefficient (Wildman–Crippen LogP) is 13.4. The van der Waals surface area contributed by atoms with Gasteiger partial charge in [0.25, 0.3) is 0 Å². The quantitative estimate of drug-likeness (QED) is 0.0472. The molecule has 0 aliphatic rings. The number of carbonyl (C=O) groups excluding carboxylic acids is 1. The Morgan fingerprint density at radius 2 is 0.627 bits per heavy atom. The van der Waals surface area contributed by atoms with E-state index in [0.29, 0.717) is 12.8 Å². The second kappa shape index (κ2) is 42.1. The van der Waals surface area contributed by atoms with Crippen molar-refractivity contribution in [3.8, 4) is 0 Å². The van der Waals surface area contributed by atoms with Crippen molar-refractivity contribution < 1.29 is 20.1 Å². The van der Waals surface area contributed by atoms with Crippen LogP contribution < -0.4 is 5.32 Å². The van der Waals surface area contributed by atoms with Gasteiger partial charge < -0.3 is 20.6 Å². The van der Waals surface area contributed by atoms with Crippen molar-refractivity contribution in [1.29, 1.82) is 0 Å². The molecule has 0 bridgehead atoms. The average Bonchev–Trinajstić information content (AvgIpc) is 3.13. The van der Waals surface area contributed by atoms with Crippen LogP contribution >= 0.6 is 0 Å². The van der Waals surface area contributed by atoms with Crippen molar-refractivity contribution in [2.45, 2.75) is 283 Å². The van der Waals surface area contributed by atoms with E-state index in [-0.39, 0.29) is 6.61 Å². The summed E-state index contributed by atoms with van der Waals surface area (Å²) in [6, 6.07) is -0.704. The van der Waals surface area contributed by atoms with E-state index >= 15 is 0 Å². The first-order chi connectivity index (χ1) is 25.1. The molecule has 0 aromatic carbocycles. The minimum absolute atomic E-state index is 0.309. The van der Waals surface area contributed by atoms with Crippen LogP contribution in [0, 0.1) is 0 Å². The van der Waals surface area contributed by atoms with Crippen LogP contribution in [-0.2, 0) is 4.79 Å². The summed E-state index contributed by atoms with van der Waals surface area (Å²) >= 11 is 0. The summed E-state index contributed by atoms with van der Waals surface area (Å²) in [5.74, 6) is -0.467. The lowest BCUT2D eigenvalue weighted by Gasteiger charge is -2.23. The third-order valence-corrected chi connectivity index (χ3v) is 11.2. The number of carbonyl (C=O) groups is 1. The molecule has 0 aliphatic carbocycles. The Morgan fingerprint density at radius 3 is 0.882 bits per heavy atom. The molecule has 5 heteroatoms. The fourth-order valence-electron chi connectivity index (χ4n) is 7.55. The van der Waals surface area contributed by atoms with Crippen LogP contribution in [0.1, 0.15) is 264 Å². The Kier molecular flexibility index (Phi) is 41.6. The van der Waals surface area contributed by atoms with Gasteiger partial charge in [0.2, 0.25) is 5.91 Å². The first-order valence-corrected chi connectivity index (χ1v) is 23.3. The van der Waals surface area contributed by atoms with E-state index < -0.39 is 24.2 Å². The van der Waals surface area contributed by atoms with Gasteiger partial charge in [0.15, 0.2) is 0 Å². The Labute approximate surface area is 319 Å². The average molecular weight is 724 g/mol. The molecule has 0 heterocycles. The van der Waals surface area contributed by atoms with Gasteiger partial charge in [0.05, 0.1) is 18.8 Å². The van der Waals surface area contributed by atoms with Gasteiger partial charge in [0.1, 0.15) is 6.10 Å². The van der Waals surface area contributed by atoms with E-state index in [1.165, 1.54) is 205 Å². The van der Waals surface area contributed by atoms with Crippen LogP contribution in [0.3, 0.4) is 0 Å². The highest BCUT2D eigenvalue weighted by Gasteiger charge is 2.23. The highest BCUT2D eigenvalue weighted by Crippen LogP contribution is 2.17. The number of aliphatic hydroxyl groups excluding tert-OH is 3. The summed E-state index contributed by atoms with van der Waals surface area (Å²) < 4.78 is 0. The maximum absolute atomic E-state index is 12.5. The Bertz CT molecular complexity index is 674. The van der Waals surface area contributed by atoms with Gasteiger partial charge in [-0.05, 0) is 12.8 Å². The van der Waals surface area contributed by atoms with Crippen molar-refractivity contribution in [2.24, 2.45) is 0 Å². The molecule has 0 saturated heterocycles. The number of aliphatic hydroxyl groups is 3. The summed E-state index contributed by atoms with van der Waals surface area (Å²) in [5, 5.41) is 33.2. The molecule has 0 aromatic rings. The molecule has 0 rings (SSSR count). The highest BCUT2D eigenvalue weighted by molar-refractivity contribution is 5.80. The van der Waals surface area contributed by atoms with Gasteiger partial charge in [-0.15, -0.1) is 0 Å². The molecule has 306 valence electrons. The maximum Gasteiger partial charge on any atom is 0.249 e. The van der Waals surface area contributed by atoms with Crippen LogP contribution in [0.15, 0.2) is 0 Å². The molecule has 51 heavy (non-hydrogen) atoms. The fourth-order valence-corrected chi connectivity index (χ4v) is 7.55. The number of amides is 1. The number of unbranched alkanes of at least 4 members (excludes halogenated alkanes) is 35. The third-order valence-electron chi connectivity index (χ3n) is 11.2. The Hall–Kier alpha value is -0.650. The van der Waals surface area contributed by atoms with Crippen molar-refractivity contribution in [2.75, 3.05) is 6.61 Å². The zero-order valence-corrected chi connectivity index (χ0v) is 34.8. The van der Waals surface area contributed by atoms with Crippen LogP contribution in [0.5, 0.6) is 0 Å². The third kappa shape index (κ3) is 37.5. The van der Waals surface area contributed by atoms with Gasteiger partial charge in [0, 0.05) is 0 Å². The van der Waals surface area contributed by atoms with Crippen LogP contribution in [0.25, 0.3) is 0 Å². The molecule has 0 fully saturated rings. The van der Waals surface area contributed by atoms with Gasteiger partial charge in [-0.3, -0.25) is 4.79 Å². The zero-order chi connectivity index (χ0) is 37.3. The van der Waals surface area contributed by atoms with E-state index in [1.807, 2.05) is 0 Å². The lowest BCUT2D eigenvalue weighted by atomic mass is 10.0. The molecular weight excluding hydrogens is 631 g/mol. The predicted molar refractivity (Wildman–Crippen MR) is 222 cm³/mol. The molecule has 0 aliphatic heterocycles. The van der Waals surface area contributed by atoms with Gasteiger partial charge >= 0.3 is 0 Å². The molecule has 5 nitrogen and oxygen atoms in total. The van der Waals surface area contributed by atoms with Crippen molar-refractivity contribution >= 4 is 5.91 Å². The summed E-state index contributed by atoms with van der Waals surface area (Å²) in [5.41, 5.74) is 0. The molecule has 1 amide bonds. The number of hydrogen-bond acceptors (Lipinski definition) is 4. The smallest absolute Gasteiger partial charge is 0.249 e. The van der Waals surface area contributed by atoms with Crippen molar-refractivity contribution in [3.05, 3.63) is 0 Å². The van der Waals surface area contributed by atoms with Gasteiger partial charge in [-0.25, -0.2) is 0 Å². The molecule has 3 unspecified atom stereocenters. The second-order valence-electron chi connectivity index (χ2n) is 16.3. The van der Waals surface area contributed by atoms with Crippen LogP contribution in [0.2, 0.25) is 0 Å². The topological polar surface area (TPSA) is 89.8 Å². The van der Waals surface area contributed by atoms with Crippen molar-refractivity contribution in [1.82, 2.24) is 5.32 Å². The molecule has 0 radical (unpaired) electrons. The molecule has 0 aromatic heterocycles. The van der Waals surface area contributed by atoms with Gasteiger partial charge in [-0.2, -0.15) is 0 Å². The number of rotatable bonds is 43. The monoisotopic (exact) mass is 724 g/mol.